The van der Waals surface area contributed by atoms with Gasteiger partial charge < -0.3 is 9.84 Å². The van der Waals surface area contributed by atoms with Gasteiger partial charge in [0.05, 0.1) is 12.7 Å². The molecule has 0 aromatic heterocycles. The topological polar surface area (TPSA) is 49.8 Å². The average molecular weight is 257 g/mol. The predicted octanol–water partition coefficient (Wildman–Crippen LogP) is 1.98. The Labute approximate surface area is 111 Å². The molecule has 0 aromatic carbocycles. The molecule has 0 aromatic rings. The molecule has 0 spiro atoms. The maximum Gasteiger partial charge on any atom is 0.333 e. The molecule has 18 heavy (non-hydrogen) atoms. The first-order valence-electron chi connectivity index (χ1n) is 6.68. The zero-order chi connectivity index (χ0) is 14.1. The fourth-order valence-corrected chi connectivity index (χ4v) is 2.00. The summed E-state index contributed by atoms with van der Waals surface area (Å²) in [5.41, 5.74) is 0.422. The first-order valence-corrected chi connectivity index (χ1v) is 6.68. The average Bonchev–Trinajstić information content (AvgIpc) is 2.32. The van der Waals surface area contributed by atoms with E-state index in [1.165, 1.54) is 0 Å². The zero-order valence-corrected chi connectivity index (χ0v) is 12.1. The summed E-state index contributed by atoms with van der Waals surface area (Å²) in [4.78, 5) is 13.4. The van der Waals surface area contributed by atoms with Crippen LogP contribution in [0.3, 0.4) is 0 Å². The van der Waals surface area contributed by atoms with Crippen molar-refractivity contribution in [2.45, 2.75) is 52.7 Å². The Morgan fingerprint density at radius 2 is 1.94 bits per heavy atom. The summed E-state index contributed by atoms with van der Waals surface area (Å²) in [6, 6.07) is 0.128. The molecule has 0 heterocycles. The third kappa shape index (κ3) is 6.17. The number of aliphatic hydroxyl groups is 1. The van der Waals surface area contributed by atoms with Crippen molar-refractivity contribution in [3.63, 3.8) is 0 Å². The lowest BCUT2D eigenvalue weighted by Gasteiger charge is -2.31. The fraction of sp³-hybridized carbons (Fsp3) is 0.786. The van der Waals surface area contributed by atoms with E-state index in [0.29, 0.717) is 12.2 Å². The Morgan fingerprint density at radius 1 is 1.39 bits per heavy atom. The van der Waals surface area contributed by atoms with E-state index >= 15 is 0 Å². The lowest BCUT2D eigenvalue weighted by molar-refractivity contribution is -0.139. The van der Waals surface area contributed by atoms with Crippen molar-refractivity contribution in [3.05, 3.63) is 12.2 Å². The summed E-state index contributed by atoms with van der Waals surface area (Å²) in [7, 11) is 0. The zero-order valence-electron chi connectivity index (χ0n) is 12.1. The van der Waals surface area contributed by atoms with Crippen molar-refractivity contribution in [3.8, 4) is 0 Å². The Morgan fingerprint density at radius 3 is 2.33 bits per heavy atom. The quantitative estimate of drug-likeness (QED) is 0.390. The molecule has 4 heteroatoms. The molecule has 0 aliphatic heterocycles. The molecule has 0 bridgehead atoms. The summed E-state index contributed by atoms with van der Waals surface area (Å²) < 4.78 is 5.04. The van der Waals surface area contributed by atoms with Crippen LogP contribution in [0.2, 0.25) is 0 Å². The summed E-state index contributed by atoms with van der Waals surface area (Å²) >= 11 is 0. The Bertz CT molecular complexity index is 260. The highest BCUT2D eigenvalue weighted by atomic mass is 16.5. The highest BCUT2D eigenvalue weighted by Gasteiger charge is 2.20. The second-order valence-corrected chi connectivity index (χ2v) is 4.59. The fourth-order valence-electron chi connectivity index (χ4n) is 2.00. The SMILES string of the molecule is C=C(C)C(=O)OCCCC(C(C)O)N(CC)CC. The van der Waals surface area contributed by atoms with Crippen LogP contribution in [0.1, 0.15) is 40.5 Å². The monoisotopic (exact) mass is 257 g/mol. The van der Waals surface area contributed by atoms with Crippen LogP contribution in [0.25, 0.3) is 0 Å². The molecule has 0 rings (SSSR count). The molecule has 106 valence electrons. The summed E-state index contributed by atoms with van der Waals surface area (Å²) in [5.74, 6) is -0.341. The van der Waals surface area contributed by atoms with Crippen LogP contribution < -0.4 is 0 Å². The van der Waals surface area contributed by atoms with Gasteiger partial charge in [-0.05, 0) is 39.8 Å². The minimum absolute atomic E-state index is 0.128. The molecule has 2 atom stereocenters. The van der Waals surface area contributed by atoms with E-state index in [0.717, 1.165) is 25.9 Å². The van der Waals surface area contributed by atoms with Gasteiger partial charge in [0, 0.05) is 11.6 Å². The number of likely N-dealkylation sites (N-methyl/N-ethyl adjacent to an activating group) is 1. The van der Waals surface area contributed by atoms with Crippen molar-refractivity contribution >= 4 is 5.97 Å². The molecule has 2 unspecified atom stereocenters. The number of carbonyl (C=O) groups excluding carboxylic acids is 1. The number of esters is 1. The molecule has 0 aliphatic carbocycles. The number of carbonyl (C=O) groups is 1. The van der Waals surface area contributed by atoms with Gasteiger partial charge in [0.1, 0.15) is 0 Å². The smallest absolute Gasteiger partial charge is 0.333 e. The van der Waals surface area contributed by atoms with Crippen molar-refractivity contribution in [1.82, 2.24) is 4.90 Å². The Hall–Kier alpha value is -0.870. The van der Waals surface area contributed by atoms with Gasteiger partial charge >= 0.3 is 5.97 Å². The van der Waals surface area contributed by atoms with Gasteiger partial charge in [-0.15, -0.1) is 0 Å². The molecule has 0 aliphatic rings. The lowest BCUT2D eigenvalue weighted by atomic mass is 10.0. The first-order chi connectivity index (χ1) is 8.43. The highest BCUT2D eigenvalue weighted by Crippen LogP contribution is 2.11. The molecule has 1 N–H and O–H groups in total. The van der Waals surface area contributed by atoms with Crippen molar-refractivity contribution < 1.29 is 14.6 Å². The summed E-state index contributed by atoms with van der Waals surface area (Å²) in [6.45, 7) is 13.4. The van der Waals surface area contributed by atoms with Crippen molar-refractivity contribution in [2.24, 2.45) is 0 Å². The summed E-state index contributed by atoms with van der Waals surface area (Å²) in [6.07, 6.45) is 1.20. The van der Waals surface area contributed by atoms with Crippen LogP contribution in [0.4, 0.5) is 0 Å². The first kappa shape index (κ1) is 17.1. The van der Waals surface area contributed by atoms with E-state index in [1.54, 1.807) is 6.92 Å². The van der Waals surface area contributed by atoms with Gasteiger partial charge in [-0.3, -0.25) is 4.90 Å². The minimum atomic E-state index is -0.373. The van der Waals surface area contributed by atoms with E-state index in [2.05, 4.69) is 25.3 Å². The summed E-state index contributed by atoms with van der Waals surface area (Å²) in [5, 5.41) is 9.78. The van der Waals surface area contributed by atoms with Crippen LogP contribution in [-0.4, -0.2) is 47.8 Å². The van der Waals surface area contributed by atoms with Crippen molar-refractivity contribution in [1.29, 1.82) is 0 Å². The second-order valence-electron chi connectivity index (χ2n) is 4.59. The van der Waals surface area contributed by atoms with E-state index in [4.69, 9.17) is 4.74 Å². The molecule has 0 amide bonds. The number of nitrogens with zero attached hydrogens (tertiary/aromatic N) is 1. The van der Waals surface area contributed by atoms with E-state index in [9.17, 15) is 9.90 Å². The normalized spacial score (nSPS) is 14.3. The minimum Gasteiger partial charge on any atom is -0.462 e. The molecular weight excluding hydrogens is 230 g/mol. The second kappa shape index (κ2) is 9.11. The molecular formula is C14H27NO3. The van der Waals surface area contributed by atoms with Crippen LogP contribution in [0, 0.1) is 0 Å². The number of hydrogen-bond donors (Lipinski definition) is 1. The van der Waals surface area contributed by atoms with Gasteiger partial charge in [0.15, 0.2) is 0 Å². The van der Waals surface area contributed by atoms with Gasteiger partial charge in [-0.25, -0.2) is 4.79 Å². The van der Waals surface area contributed by atoms with Crippen LogP contribution in [-0.2, 0) is 9.53 Å². The molecule has 0 saturated carbocycles. The van der Waals surface area contributed by atoms with Gasteiger partial charge in [0.2, 0.25) is 0 Å². The third-order valence-corrected chi connectivity index (χ3v) is 3.06. The van der Waals surface area contributed by atoms with Gasteiger partial charge in [0.25, 0.3) is 0 Å². The van der Waals surface area contributed by atoms with Gasteiger partial charge in [-0.2, -0.15) is 0 Å². The Balaban J connectivity index is 4.05. The number of rotatable bonds is 9. The largest absolute Gasteiger partial charge is 0.462 e. The lowest BCUT2D eigenvalue weighted by Crippen LogP contribution is -2.42. The molecule has 4 nitrogen and oxygen atoms in total. The standard InChI is InChI=1S/C14H27NO3/c1-6-15(7-2)13(12(5)16)9-8-10-18-14(17)11(3)4/h12-13,16H,3,6-10H2,1-2,4-5H3. The molecule has 0 radical (unpaired) electrons. The maximum absolute atomic E-state index is 11.2. The maximum atomic E-state index is 11.2. The van der Waals surface area contributed by atoms with E-state index in [1.807, 2.05) is 6.92 Å². The van der Waals surface area contributed by atoms with E-state index < -0.39 is 0 Å². The Kier molecular flexibility index (Phi) is 8.67. The van der Waals surface area contributed by atoms with Crippen molar-refractivity contribution in [2.75, 3.05) is 19.7 Å². The molecule has 0 fully saturated rings. The van der Waals surface area contributed by atoms with Gasteiger partial charge in [-0.1, -0.05) is 20.4 Å². The molecule has 0 saturated heterocycles. The van der Waals surface area contributed by atoms with Crippen LogP contribution in [0.5, 0.6) is 0 Å². The predicted molar refractivity (Wildman–Crippen MR) is 73.4 cm³/mol. The highest BCUT2D eigenvalue weighted by molar-refractivity contribution is 5.86. The number of hydrogen-bond acceptors (Lipinski definition) is 4. The third-order valence-electron chi connectivity index (χ3n) is 3.06. The van der Waals surface area contributed by atoms with E-state index in [-0.39, 0.29) is 18.1 Å². The van der Waals surface area contributed by atoms with Crippen LogP contribution in [0.15, 0.2) is 12.2 Å². The van der Waals surface area contributed by atoms with Crippen LogP contribution >= 0.6 is 0 Å². The number of ether oxygens (including phenoxy) is 1. The number of aliphatic hydroxyl groups excluding tert-OH is 1.